The fraction of sp³-hybridized carbons (Fsp3) is 0. The summed E-state index contributed by atoms with van der Waals surface area (Å²) < 4.78 is 4.78. The topological polar surface area (TPSA) is 35.6 Å². The van der Waals surface area contributed by atoms with Gasteiger partial charge in [-0.3, -0.25) is 0 Å². The van der Waals surface area contributed by atoms with Gasteiger partial charge in [0.15, 0.2) is 5.82 Å². The number of para-hydroxylation sites is 2. The Morgan fingerprint density at radius 1 is 0.242 bits per heavy atom. The van der Waals surface area contributed by atoms with Gasteiger partial charge in [0.2, 0.25) is 0 Å². The first-order valence-electron chi connectivity index (χ1n) is 21.1. The largest absolute Gasteiger partial charge is 0.309 e. The van der Waals surface area contributed by atoms with Crippen molar-refractivity contribution in [1.82, 2.24) is 19.1 Å². The fourth-order valence-corrected chi connectivity index (χ4v) is 9.17. The van der Waals surface area contributed by atoms with Crippen molar-refractivity contribution in [2.75, 3.05) is 0 Å². The van der Waals surface area contributed by atoms with E-state index >= 15 is 0 Å². The number of aromatic nitrogens is 4. The normalized spacial score (nSPS) is 11.5. The van der Waals surface area contributed by atoms with Crippen molar-refractivity contribution in [1.29, 1.82) is 0 Å². The molecular weight excluding hydrogens is 753 g/mol. The molecule has 0 unspecified atom stereocenters. The molecule has 9 aromatic carbocycles. The van der Waals surface area contributed by atoms with Crippen LogP contribution in [0.25, 0.3) is 111 Å². The van der Waals surface area contributed by atoms with E-state index in [-0.39, 0.29) is 0 Å². The summed E-state index contributed by atoms with van der Waals surface area (Å²) in [5, 5.41) is 4.89. The molecule has 0 amide bonds. The standard InChI is InChI=1S/C58H38N4/c1-4-15-39(16-5-1)40-27-31-46(32-28-40)61-54-25-12-10-23-48(54)50-33-29-44(37-57(50)61)43-30-34-56-51(36-43)49-24-11-13-26-55(49)62(56)47-22-14-21-45(35-47)58-59-52(41-17-6-2-7-18-41)38-53(60-58)42-19-8-3-9-20-42/h1-38H. The second-order valence-corrected chi connectivity index (χ2v) is 15.8. The first kappa shape index (κ1) is 35.6. The van der Waals surface area contributed by atoms with Crippen LogP contribution in [0.2, 0.25) is 0 Å². The van der Waals surface area contributed by atoms with E-state index in [0.29, 0.717) is 5.82 Å². The van der Waals surface area contributed by atoms with Crippen LogP contribution in [-0.2, 0) is 0 Å². The summed E-state index contributed by atoms with van der Waals surface area (Å²) in [5.41, 5.74) is 16.5. The summed E-state index contributed by atoms with van der Waals surface area (Å²) in [5.74, 6) is 0.690. The Bertz CT molecular complexity index is 3550. The molecule has 62 heavy (non-hydrogen) atoms. The number of nitrogens with zero attached hydrogens (tertiary/aromatic N) is 4. The number of rotatable bonds is 7. The van der Waals surface area contributed by atoms with Gasteiger partial charge in [-0.25, -0.2) is 9.97 Å². The molecule has 290 valence electrons. The average Bonchev–Trinajstić information content (AvgIpc) is 3.87. The molecule has 3 aromatic heterocycles. The predicted octanol–water partition coefficient (Wildman–Crippen LogP) is 15.0. The minimum atomic E-state index is 0.690. The van der Waals surface area contributed by atoms with Gasteiger partial charge in [-0.15, -0.1) is 0 Å². The highest BCUT2D eigenvalue weighted by molar-refractivity contribution is 6.12. The third-order valence-electron chi connectivity index (χ3n) is 12.1. The molecular formula is C58H38N4. The molecule has 0 aliphatic rings. The van der Waals surface area contributed by atoms with Crippen LogP contribution in [-0.4, -0.2) is 19.1 Å². The first-order valence-corrected chi connectivity index (χ1v) is 21.1. The Hall–Kier alpha value is -8.34. The van der Waals surface area contributed by atoms with Crippen LogP contribution < -0.4 is 0 Å². The highest BCUT2D eigenvalue weighted by Crippen LogP contribution is 2.39. The lowest BCUT2D eigenvalue weighted by Crippen LogP contribution is -1.98. The van der Waals surface area contributed by atoms with Gasteiger partial charge in [0.05, 0.1) is 33.5 Å². The highest BCUT2D eigenvalue weighted by Gasteiger charge is 2.18. The van der Waals surface area contributed by atoms with Crippen LogP contribution in [0.4, 0.5) is 0 Å². The van der Waals surface area contributed by atoms with E-state index in [1.807, 2.05) is 12.1 Å². The Morgan fingerprint density at radius 2 is 0.710 bits per heavy atom. The zero-order valence-electron chi connectivity index (χ0n) is 33.7. The van der Waals surface area contributed by atoms with Gasteiger partial charge in [-0.05, 0) is 82.9 Å². The third-order valence-corrected chi connectivity index (χ3v) is 12.1. The molecule has 0 saturated heterocycles. The minimum absolute atomic E-state index is 0.690. The fourth-order valence-electron chi connectivity index (χ4n) is 9.17. The Morgan fingerprint density at radius 3 is 1.37 bits per heavy atom. The maximum atomic E-state index is 5.15. The van der Waals surface area contributed by atoms with Gasteiger partial charge in [-0.2, -0.15) is 0 Å². The number of benzene rings is 9. The summed E-state index contributed by atoms with van der Waals surface area (Å²) in [6, 6.07) is 82.2. The lowest BCUT2D eigenvalue weighted by atomic mass is 10.0. The Kier molecular flexibility index (Phi) is 8.46. The number of fused-ring (bicyclic) bond motifs is 6. The van der Waals surface area contributed by atoms with Crippen molar-refractivity contribution in [3.05, 3.63) is 231 Å². The predicted molar refractivity (Wildman–Crippen MR) is 258 cm³/mol. The zero-order chi connectivity index (χ0) is 41.0. The molecule has 0 N–H and O–H groups in total. The van der Waals surface area contributed by atoms with Crippen molar-refractivity contribution in [3.63, 3.8) is 0 Å². The zero-order valence-corrected chi connectivity index (χ0v) is 33.7. The van der Waals surface area contributed by atoms with Crippen molar-refractivity contribution < 1.29 is 0 Å². The van der Waals surface area contributed by atoms with Crippen LogP contribution in [0.3, 0.4) is 0 Å². The van der Waals surface area contributed by atoms with Gasteiger partial charge < -0.3 is 9.13 Å². The Balaban J connectivity index is 0.974. The molecule has 4 nitrogen and oxygen atoms in total. The van der Waals surface area contributed by atoms with Crippen molar-refractivity contribution in [3.8, 4) is 67.5 Å². The average molecular weight is 791 g/mol. The van der Waals surface area contributed by atoms with E-state index in [1.165, 1.54) is 54.8 Å². The van der Waals surface area contributed by atoms with E-state index < -0.39 is 0 Å². The molecule has 0 radical (unpaired) electrons. The number of hydrogen-bond donors (Lipinski definition) is 0. The summed E-state index contributed by atoms with van der Waals surface area (Å²) in [4.78, 5) is 10.3. The van der Waals surface area contributed by atoms with Gasteiger partial charge in [0.1, 0.15) is 0 Å². The molecule has 4 heteroatoms. The van der Waals surface area contributed by atoms with Crippen LogP contribution in [0, 0.1) is 0 Å². The number of hydrogen-bond acceptors (Lipinski definition) is 2. The maximum Gasteiger partial charge on any atom is 0.160 e. The van der Waals surface area contributed by atoms with E-state index in [2.05, 4.69) is 228 Å². The molecule has 0 spiro atoms. The van der Waals surface area contributed by atoms with E-state index in [9.17, 15) is 0 Å². The molecule has 12 rings (SSSR count). The summed E-state index contributed by atoms with van der Waals surface area (Å²) in [7, 11) is 0. The molecule has 0 aliphatic carbocycles. The molecule has 0 saturated carbocycles. The summed E-state index contributed by atoms with van der Waals surface area (Å²) >= 11 is 0. The van der Waals surface area contributed by atoms with Gasteiger partial charge in [-0.1, -0.05) is 170 Å². The second kappa shape index (κ2) is 14.7. The Labute approximate surface area is 359 Å². The van der Waals surface area contributed by atoms with E-state index in [1.54, 1.807) is 0 Å². The van der Waals surface area contributed by atoms with Crippen molar-refractivity contribution >= 4 is 43.6 Å². The van der Waals surface area contributed by atoms with E-state index in [0.717, 1.165) is 50.5 Å². The lowest BCUT2D eigenvalue weighted by Gasteiger charge is -2.12. The minimum Gasteiger partial charge on any atom is -0.309 e. The summed E-state index contributed by atoms with van der Waals surface area (Å²) in [6.45, 7) is 0. The van der Waals surface area contributed by atoms with Crippen LogP contribution in [0.5, 0.6) is 0 Å². The smallest absolute Gasteiger partial charge is 0.160 e. The monoisotopic (exact) mass is 790 g/mol. The van der Waals surface area contributed by atoms with Crippen molar-refractivity contribution in [2.24, 2.45) is 0 Å². The second-order valence-electron chi connectivity index (χ2n) is 15.8. The van der Waals surface area contributed by atoms with Crippen LogP contribution >= 0.6 is 0 Å². The maximum absolute atomic E-state index is 5.15. The SMILES string of the molecule is c1ccc(-c2ccc(-n3c4ccccc4c4ccc(-c5ccc6c(c5)c5ccccc5n6-c5cccc(-c6nc(-c7ccccc7)cc(-c7ccccc7)n6)c5)cc43)cc2)cc1. The van der Waals surface area contributed by atoms with Crippen LogP contribution in [0.1, 0.15) is 0 Å². The molecule has 12 aromatic rings. The molecule has 3 heterocycles. The van der Waals surface area contributed by atoms with Gasteiger partial charge >= 0.3 is 0 Å². The highest BCUT2D eigenvalue weighted by atomic mass is 15.0. The van der Waals surface area contributed by atoms with Gasteiger partial charge in [0, 0.05) is 49.6 Å². The molecule has 0 atom stereocenters. The lowest BCUT2D eigenvalue weighted by molar-refractivity contribution is 1.16. The molecule has 0 bridgehead atoms. The van der Waals surface area contributed by atoms with Gasteiger partial charge in [0.25, 0.3) is 0 Å². The van der Waals surface area contributed by atoms with Crippen molar-refractivity contribution in [2.45, 2.75) is 0 Å². The summed E-state index contributed by atoms with van der Waals surface area (Å²) in [6.07, 6.45) is 0. The third kappa shape index (κ3) is 6.08. The van der Waals surface area contributed by atoms with E-state index in [4.69, 9.17) is 9.97 Å². The first-order chi connectivity index (χ1) is 30.7. The quantitative estimate of drug-likeness (QED) is 0.161. The van der Waals surface area contributed by atoms with Crippen LogP contribution in [0.15, 0.2) is 231 Å². The molecule has 0 aliphatic heterocycles. The molecule has 0 fully saturated rings.